The standard InChI is InChI=1S/C16H20N2OS/c1-12-6-4-5-11-18(12)16(19)10-9-15-17-13-7-2-3-8-14(13)20-15/h2-3,7-8,12H,4-6,9-11H2,1H3/t12-/m1/s1. The Morgan fingerprint density at radius 1 is 1.40 bits per heavy atom. The third kappa shape index (κ3) is 2.85. The van der Waals surface area contributed by atoms with Crippen molar-refractivity contribution in [1.29, 1.82) is 0 Å². The molecule has 0 unspecified atom stereocenters. The fourth-order valence-electron chi connectivity index (χ4n) is 2.85. The van der Waals surface area contributed by atoms with Crippen molar-refractivity contribution in [3.05, 3.63) is 29.3 Å². The molecule has 1 aliphatic rings. The molecular formula is C16H20N2OS. The SMILES string of the molecule is C[C@@H]1CCCCN1C(=O)CCc1nc2ccccc2s1. The molecule has 2 heterocycles. The first-order chi connectivity index (χ1) is 9.74. The van der Waals surface area contributed by atoms with Gasteiger partial charge >= 0.3 is 0 Å². The summed E-state index contributed by atoms with van der Waals surface area (Å²) in [6, 6.07) is 8.57. The highest BCUT2D eigenvalue weighted by atomic mass is 32.1. The van der Waals surface area contributed by atoms with Gasteiger partial charge in [0.1, 0.15) is 0 Å². The molecule has 0 aliphatic carbocycles. The van der Waals surface area contributed by atoms with Gasteiger partial charge in [-0.25, -0.2) is 4.98 Å². The highest BCUT2D eigenvalue weighted by Crippen LogP contribution is 2.23. The molecule has 0 bridgehead atoms. The number of aromatic nitrogens is 1. The molecule has 1 saturated heterocycles. The Bertz CT molecular complexity index is 574. The van der Waals surface area contributed by atoms with Gasteiger partial charge in [0, 0.05) is 25.4 Å². The summed E-state index contributed by atoms with van der Waals surface area (Å²) in [6.07, 6.45) is 4.90. The number of hydrogen-bond donors (Lipinski definition) is 0. The summed E-state index contributed by atoms with van der Waals surface area (Å²) in [6.45, 7) is 3.09. The Labute approximate surface area is 123 Å². The molecule has 4 heteroatoms. The van der Waals surface area contributed by atoms with Gasteiger partial charge in [-0.2, -0.15) is 0 Å². The Morgan fingerprint density at radius 3 is 3.05 bits per heavy atom. The lowest BCUT2D eigenvalue weighted by Crippen LogP contribution is -2.42. The minimum atomic E-state index is 0.288. The van der Waals surface area contributed by atoms with Crippen LogP contribution in [-0.4, -0.2) is 28.4 Å². The van der Waals surface area contributed by atoms with Crippen LogP contribution in [0.5, 0.6) is 0 Å². The second kappa shape index (κ2) is 5.92. The van der Waals surface area contributed by atoms with E-state index in [1.54, 1.807) is 11.3 Å². The van der Waals surface area contributed by atoms with Gasteiger partial charge in [-0.1, -0.05) is 12.1 Å². The van der Waals surface area contributed by atoms with E-state index in [4.69, 9.17) is 0 Å². The number of nitrogens with zero attached hydrogens (tertiary/aromatic N) is 2. The number of hydrogen-bond acceptors (Lipinski definition) is 3. The summed E-state index contributed by atoms with van der Waals surface area (Å²) in [4.78, 5) is 18.9. The fourth-order valence-corrected chi connectivity index (χ4v) is 3.82. The summed E-state index contributed by atoms with van der Waals surface area (Å²) < 4.78 is 1.21. The number of fused-ring (bicyclic) bond motifs is 1. The van der Waals surface area contributed by atoms with E-state index < -0.39 is 0 Å². The molecule has 0 radical (unpaired) electrons. The number of thiazole rings is 1. The average Bonchev–Trinajstić information content (AvgIpc) is 2.88. The molecule has 1 aromatic carbocycles. The lowest BCUT2D eigenvalue weighted by molar-refractivity contribution is -0.134. The summed E-state index contributed by atoms with van der Waals surface area (Å²) in [7, 11) is 0. The highest BCUT2D eigenvalue weighted by molar-refractivity contribution is 7.18. The van der Waals surface area contributed by atoms with Crippen LogP contribution in [0.4, 0.5) is 0 Å². The van der Waals surface area contributed by atoms with Gasteiger partial charge in [0.05, 0.1) is 15.2 Å². The number of amides is 1. The predicted octanol–water partition coefficient (Wildman–Crippen LogP) is 3.63. The lowest BCUT2D eigenvalue weighted by Gasteiger charge is -2.33. The third-order valence-electron chi connectivity index (χ3n) is 4.01. The maximum atomic E-state index is 12.3. The topological polar surface area (TPSA) is 33.2 Å². The quantitative estimate of drug-likeness (QED) is 0.864. The molecule has 3 rings (SSSR count). The van der Waals surface area contributed by atoms with Crippen molar-refractivity contribution in [2.24, 2.45) is 0 Å². The number of carbonyl (C=O) groups excluding carboxylic acids is 1. The first kappa shape index (κ1) is 13.6. The minimum Gasteiger partial charge on any atom is -0.340 e. The number of piperidine rings is 1. The summed E-state index contributed by atoms with van der Waals surface area (Å²) in [5.41, 5.74) is 1.05. The molecule has 1 fully saturated rings. The van der Waals surface area contributed by atoms with E-state index in [0.717, 1.165) is 36.3 Å². The number of likely N-dealkylation sites (tertiary alicyclic amines) is 1. The van der Waals surface area contributed by atoms with Crippen LogP contribution in [0.1, 0.15) is 37.6 Å². The van der Waals surface area contributed by atoms with E-state index in [2.05, 4.69) is 22.9 Å². The summed E-state index contributed by atoms with van der Waals surface area (Å²) in [5.74, 6) is 0.288. The van der Waals surface area contributed by atoms with Gasteiger partial charge in [-0.05, 0) is 38.3 Å². The van der Waals surface area contributed by atoms with Crippen LogP contribution >= 0.6 is 11.3 Å². The molecule has 0 spiro atoms. The van der Waals surface area contributed by atoms with Crippen LogP contribution in [0.3, 0.4) is 0 Å². The van der Waals surface area contributed by atoms with E-state index in [0.29, 0.717) is 12.5 Å². The number of carbonyl (C=O) groups is 1. The second-order valence-corrected chi connectivity index (χ2v) is 6.62. The van der Waals surface area contributed by atoms with Crippen molar-refractivity contribution in [2.75, 3.05) is 6.54 Å². The van der Waals surface area contributed by atoms with Crippen molar-refractivity contribution in [3.8, 4) is 0 Å². The van der Waals surface area contributed by atoms with Gasteiger partial charge < -0.3 is 4.90 Å². The van der Waals surface area contributed by atoms with Crippen molar-refractivity contribution in [1.82, 2.24) is 9.88 Å². The molecular weight excluding hydrogens is 268 g/mol. The highest BCUT2D eigenvalue weighted by Gasteiger charge is 2.22. The van der Waals surface area contributed by atoms with Crippen LogP contribution < -0.4 is 0 Å². The maximum Gasteiger partial charge on any atom is 0.223 e. The van der Waals surface area contributed by atoms with Crippen molar-refractivity contribution >= 4 is 27.5 Å². The van der Waals surface area contributed by atoms with Crippen LogP contribution in [0, 0.1) is 0 Å². The van der Waals surface area contributed by atoms with Crippen LogP contribution in [0.2, 0.25) is 0 Å². The monoisotopic (exact) mass is 288 g/mol. The van der Waals surface area contributed by atoms with Crippen molar-refractivity contribution in [2.45, 2.75) is 45.1 Å². The zero-order chi connectivity index (χ0) is 13.9. The van der Waals surface area contributed by atoms with Gasteiger partial charge in [0.2, 0.25) is 5.91 Å². The Hall–Kier alpha value is -1.42. The molecule has 1 aliphatic heterocycles. The van der Waals surface area contributed by atoms with Crippen LogP contribution in [0.25, 0.3) is 10.2 Å². The third-order valence-corrected chi connectivity index (χ3v) is 5.11. The fraction of sp³-hybridized carbons (Fsp3) is 0.500. The van der Waals surface area contributed by atoms with Crippen LogP contribution in [0.15, 0.2) is 24.3 Å². The predicted molar refractivity (Wildman–Crippen MR) is 83.0 cm³/mol. The van der Waals surface area contributed by atoms with E-state index in [-0.39, 0.29) is 5.91 Å². The van der Waals surface area contributed by atoms with Gasteiger partial charge in [0.15, 0.2) is 0 Å². The molecule has 1 aromatic heterocycles. The normalized spacial score (nSPS) is 19.4. The number of para-hydroxylation sites is 1. The molecule has 3 nitrogen and oxygen atoms in total. The summed E-state index contributed by atoms with van der Waals surface area (Å²) in [5, 5.41) is 1.07. The minimum absolute atomic E-state index is 0.288. The average molecular weight is 288 g/mol. The van der Waals surface area contributed by atoms with Gasteiger partial charge in [-0.3, -0.25) is 4.79 Å². The smallest absolute Gasteiger partial charge is 0.223 e. The maximum absolute atomic E-state index is 12.3. The van der Waals surface area contributed by atoms with E-state index in [1.165, 1.54) is 11.1 Å². The second-order valence-electron chi connectivity index (χ2n) is 5.51. The zero-order valence-corrected chi connectivity index (χ0v) is 12.7. The molecule has 2 aromatic rings. The molecule has 1 atom stereocenters. The Morgan fingerprint density at radius 2 is 2.25 bits per heavy atom. The number of benzene rings is 1. The largest absolute Gasteiger partial charge is 0.340 e. The van der Waals surface area contributed by atoms with Crippen molar-refractivity contribution < 1.29 is 4.79 Å². The van der Waals surface area contributed by atoms with Gasteiger partial charge in [0.25, 0.3) is 0 Å². The zero-order valence-electron chi connectivity index (χ0n) is 11.8. The molecule has 0 saturated carbocycles. The first-order valence-electron chi connectivity index (χ1n) is 7.38. The molecule has 1 amide bonds. The molecule has 0 N–H and O–H groups in total. The lowest BCUT2D eigenvalue weighted by atomic mass is 10.0. The summed E-state index contributed by atoms with van der Waals surface area (Å²) >= 11 is 1.70. The Balaban J connectivity index is 1.62. The first-order valence-corrected chi connectivity index (χ1v) is 8.19. The van der Waals surface area contributed by atoms with Crippen molar-refractivity contribution in [3.63, 3.8) is 0 Å². The number of rotatable bonds is 3. The molecule has 106 valence electrons. The van der Waals surface area contributed by atoms with E-state index >= 15 is 0 Å². The van der Waals surface area contributed by atoms with E-state index in [1.807, 2.05) is 18.2 Å². The van der Waals surface area contributed by atoms with Gasteiger partial charge in [-0.15, -0.1) is 11.3 Å². The van der Waals surface area contributed by atoms with Crippen LogP contribution in [-0.2, 0) is 11.2 Å². The van der Waals surface area contributed by atoms with E-state index in [9.17, 15) is 4.79 Å². The number of aryl methyl sites for hydroxylation is 1. The molecule has 20 heavy (non-hydrogen) atoms. The Kier molecular flexibility index (Phi) is 4.01.